The average molecular weight is 640 g/mol. The van der Waals surface area contributed by atoms with Crippen LogP contribution in [0.2, 0.25) is 10.0 Å². The molecule has 2 heterocycles. The Morgan fingerprint density at radius 3 is 1.30 bits per heavy atom. The summed E-state index contributed by atoms with van der Waals surface area (Å²) in [5.41, 5.74) is 4.31. The van der Waals surface area contributed by atoms with Crippen LogP contribution >= 0.6 is 23.2 Å². The molecule has 2 aliphatic rings. The Morgan fingerprint density at radius 2 is 0.870 bits per heavy atom. The summed E-state index contributed by atoms with van der Waals surface area (Å²) in [6, 6.07) is 41.1. The SMILES string of the molecule is O=C1C(=Cc2ccccc2)N=C(c2ccccc2)N1c1cc(Cl)c(N2C(=O)C(=Cc3ccccc3)N=C2c2ccccc2)c(Cl)c1. The first kappa shape index (κ1) is 29.2. The zero-order valence-electron chi connectivity index (χ0n) is 24.2. The lowest BCUT2D eigenvalue weighted by Gasteiger charge is -2.24. The van der Waals surface area contributed by atoms with E-state index in [1.165, 1.54) is 9.80 Å². The Balaban J connectivity index is 1.32. The quantitative estimate of drug-likeness (QED) is 0.175. The first-order valence-corrected chi connectivity index (χ1v) is 15.2. The molecule has 8 heteroatoms. The number of halogens is 2. The van der Waals surface area contributed by atoms with E-state index in [-0.39, 0.29) is 38.9 Å². The van der Waals surface area contributed by atoms with Gasteiger partial charge in [-0.1, -0.05) is 145 Å². The first-order chi connectivity index (χ1) is 22.5. The summed E-state index contributed by atoms with van der Waals surface area (Å²) >= 11 is 14.0. The predicted octanol–water partition coefficient (Wildman–Crippen LogP) is 8.66. The van der Waals surface area contributed by atoms with Crippen molar-refractivity contribution in [3.63, 3.8) is 0 Å². The van der Waals surface area contributed by atoms with Crippen molar-refractivity contribution in [1.82, 2.24) is 0 Å². The van der Waals surface area contributed by atoms with Crippen molar-refractivity contribution in [2.75, 3.05) is 9.80 Å². The maximum Gasteiger partial charge on any atom is 0.282 e. The Kier molecular flexibility index (Phi) is 7.89. The zero-order valence-corrected chi connectivity index (χ0v) is 25.7. The molecule has 6 nitrogen and oxygen atoms in total. The van der Waals surface area contributed by atoms with Crippen molar-refractivity contribution in [2.45, 2.75) is 0 Å². The number of nitrogens with zero attached hydrogens (tertiary/aromatic N) is 4. The van der Waals surface area contributed by atoms with Gasteiger partial charge in [0.15, 0.2) is 0 Å². The van der Waals surface area contributed by atoms with Crippen LogP contribution < -0.4 is 9.80 Å². The molecule has 0 bridgehead atoms. The second-order valence-electron chi connectivity index (χ2n) is 10.5. The number of benzene rings is 5. The van der Waals surface area contributed by atoms with Crippen LogP contribution in [0.5, 0.6) is 0 Å². The molecular formula is C38H24Cl2N4O2. The molecule has 0 spiro atoms. The van der Waals surface area contributed by atoms with E-state index in [9.17, 15) is 9.59 Å². The Hall–Kier alpha value is -5.56. The topological polar surface area (TPSA) is 65.3 Å². The van der Waals surface area contributed by atoms with Gasteiger partial charge in [0.05, 0.1) is 21.4 Å². The van der Waals surface area contributed by atoms with Gasteiger partial charge >= 0.3 is 0 Å². The van der Waals surface area contributed by atoms with E-state index in [1.54, 1.807) is 24.3 Å². The van der Waals surface area contributed by atoms with Gasteiger partial charge in [-0.2, -0.15) is 0 Å². The van der Waals surface area contributed by atoms with Gasteiger partial charge in [-0.15, -0.1) is 0 Å². The van der Waals surface area contributed by atoms with Crippen molar-refractivity contribution < 1.29 is 9.59 Å². The lowest BCUT2D eigenvalue weighted by atomic mass is 10.1. The molecule has 0 saturated carbocycles. The molecule has 0 fully saturated rings. The number of carbonyl (C=O) groups is 2. The van der Waals surface area contributed by atoms with E-state index in [1.807, 2.05) is 121 Å². The maximum atomic E-state index is 14.0. The molecule has 0 aromatic heterocycles. The van der Waals surface area contributed by atoms with Gasteiger partial charge in [0.2, 0.25) is 0 Å². The van der Waals surface area contributed by atoms with Gasteiger partial charge < -0.3 is 0 Å². The van der Waals surface area contributed by atoms with E-state index in [2.05, 4.69) is 0 Å². The van der Waals surface area contributed by atoms with Gasteiger partial charge in [-0.25, -0.2) is 9.98 Å². The van der Waals surface area contributed by atoms with Crippen LogP contribution in [0.3, 0.4) is 0 Å². The van der Waals surface area contributed by atoms with Gasteiger partial charge in [0.25, 0.3) is 11.8 Å². The highest BCUT2D eigenvalue weighted by Gasteiger charge is 2.37. The fraction of sp³-hybridized carbons (Fsp3) is 0. The summed E-state index contributed by atoms with van der Waals surface area (Å²) in [4.78, 5) is 40.3. The van der Waals surface area contributed by atoms with Crippen molar-refractivity contribution in [3.05, 3.63) is 177 Å². The van der Waals surface area contributed by atoms with E-state index in [0.29, 0.717) is 22.9 Å². The van der Waals surface area contributed by atoms with Crippen LogP contribution in [-0.2, 0) is 9.59 Å². The van der Waals surface area contributed by atoms with Gasteiger partial charge in [0.1, 0.15) is 23.1 Å². The minimum atomic E-state index is -0.379. The van der Waals surface area contributed by atoms with Crippen LogP contribution in [0, 0.1) is 0 Å². The number of carbonyl (C=O) groups excluding carboxylic acids is 2. The molecule has 0 saturated heterocycles. The van der Waals surface area contributed by atoms with Crippen LogP contribution in [0.25, 0.3) is 12.2 Å². The summed E-state index contributed by atoms with van der Waals surface area (Å²) in [5, 5.41) is 0.335. The Labute approximate surface area is 275 Å². The molecular weight excluding hydrogens is 615 g/mol. The summed E-state index contributed by atoms with van der Waals surface area (Å²) < 4.78 is 0. The second kappa shape index (κ2) is 12.4. The minimum absolute atomic E-state index is 0.168. The summed E-state index contributed by atoms with van der Waals surface area (Å²) in [6.45, 7) is 0. The van der Waals surface area contributed by atoms with Gasteiger partial charge in [-0.3, -0.25) is 19.4 Å². The molecule has 5 aromatic rings. The molecule has 0 radical (unpaired) electrons. The van der Waals surface area contributed by atoms with Crippen LogP contribution in [0.15, 0.2) is 155 Å². The largest absolute Gasteiger partial charge is 0.282 e. The lowest BCUT2D eigenvalue weighted by molar-refractivity contribution is -0.114. The molecule has 222 valence electrons. The molecule has 5 aromatic carbocycles. The van der Waals surface area contributed by atoms with Gasteiger partial charge in [-0.05, 0) is 35.4 Å². The maximum absolute atomic E-state index is 14.0. The number of amides is 2. The fourth-order valence-corrected chi connectivity index (χ4v) is 6.00. The second-order valence-corrected chi connectivity index (χ2v) is 11.3. The molecule has 0 aliphatic carbocycles. The van der Waals surface area contributed by atoms with Crippen LogP contribution in [-0.4, -0.2) is 23.5 Å². The van der Waals surface area contributed by atoms with Crippen molar-refractivity contribution in [1.29, 1.82) is 0 Å². The normalized spacial score (nSPS) is 16.4. The van der Waals surface area contributed by atoms with Crippen LogP contribution in [0.4, 0.5) is 11.4 Å². The van der Waals surface area contributed by atoms with Gasteiger partial charge in [0, 0.05) is 11.1 Å². The number of rotatable bonds is 6. The number of amidine groups is 2. The summed E-state index contributed by atoms with van der Waals surface area (Å²) in [5.74, 6) is 0.112. The predicted molar refractivity (Wildman–Crippen MR) is 186 cm³/mol. The number of hydrogen-bond acceptors (Lipinski definition) is 4. The lowest BCUT2D eigenvalue weighted by Crippen LogP contribution is -2.34. The monoisotopic (exact) mass is 638 g/mol. The molecule has 0 unspecified atom stereocenters. The van der Waals surface area contributed by atoms with E-state index < -0.39 is 0 Å². The first-order valence-electron chi connectivity index (χ1n) is 14.5. The Morgan fingerprint density at radius 1 is 0.500 bits per heavy atom. The van der Waals surface area contributed by atoms with Crippen molar-refractivity contribution in [3.8, 4) is 0 Å². The Bertz CT molecular complexity index is 2070. The third-order valence-corrected chi connectivity index (χ3v) is 8.05. The zero-order chi connectivity index (χ0) is 31.6. The molecule has 0 atom stereocenters. The third-order valence-electron chi connectivity index (χ3n) is 7.47. The van der Waals surface area contributed by atoms with Crippen LogP contribution in [0.1, 0.15) is 22.3 Å². The number of hydrogen-bond donors (Lipinski definition) is 0. The highest BCUT2D eigenvalue weighted by molar-refractivity contribution is 6.45. The number of anilines is 2. The summed E-state index contributed by atoms with van der Waals surface area (Å²) in [7, 11) is 0. The molecule has 2 aliphatic heterocycles. The van der Waals surface area contributed by atoms with E-state index in [4.69, 9.17) is 33.2 Å². The van der Waals surface area contributed by atoms with Crippen molar-refractivity contribution in [2.24, 2.45) is 9.98 Å². The van der Waals surface area contributed by atoms with E-state index in [0.717, 1.165) is 16.7 Å². The number of aliphatic imine (C=N–C) groups is 2. The highest BCUT2D eigenvalue weighted by atomic mass is 35.5. The molecule has 2 amide bonds. The molecule has 46 heavy (non-hydrogen) atoms. The molecule has 0 N–H and O–H groups in total. The minimum Gasteiger partial charge on any atom is -0.266 e. The van der Waals surface area contributed by atoms with Crippen molar-refractivity contribution >= 4 is 70.2 Å². The molecule has 7 rings (SSSR count). The van der Waals surface area contributed by atoms with E-state index >= 15 is 0 Å². The third kappa shape index (κ3) is 5.56. The summed E-state index contributed by atoms with van der Waals surface area (Å²) in [6.07, 6.45) is 3.47. The smallest absolute Gasteiger partial charge is 0.266 e. The standard InChI is InChI=1S/C38H24Cl2N4O2/c39-30-23-29(43-35(27-17-9-3-10-18-27)41-32(37(43)45)21-25-13-5-1-6-14-25)24-31(40)34(30)44-36(28-19-11-4-12-20-28)42-33(38(44)46)22-26-15-7-2-8-16-26/h1-24H. The highest BCUT2D eigenvalue weighted by Crippen LogP contribution is 2.42. The fourth-order valence-electron chi connectivity index (χ4n) is 5.35. The average Bonchev–Trinajstić information content (AvgIpc) is 3.58.